The highest BCUT2D eigenvalue weighted by molar-refractivity contribution is 8.13. The second-order valence-corrected chi connectivity index (χ2v) is 8.63. The van der Waals surface area contributed by atoms with E-state index in [1.54, 1.807) is 19.2 Å². The third kappa shape index (κ3) is 3.89. The largest absolute Gasteiger partial charge is 0.331 e. The highest BCUT2D eigenvalue weighted by Gasteiger charge is 2.48. The molecular formula is C21H20ClFN4O2S. The Hall–Kier alpha value is -2.58. The molecule has 2 aromatic carbocycles. The lowest BCUT2D eigenvalue weighted by molar-refractivity contribution is -0.127. The minimum atomic E-state index is -0.646. The first kappa shape index (κ1) is 20.7. The summed E-state index contributed by atoms with van der Waals surface area (Å²) in [6, 6.07) is 11.4. The molecule has 1 N–H and O–H groups in total. The topological polar surface area (TPSA) is 65.0 Å². The van der Waals surface area contributed by atoms with Gasteiger partial charge in [0.25, 0.3) is 5.91 Å². The van der Waals surface area contributed by atoms with Crippen molar-refractivity contribution in [2.24, 2.45) is 4.99 Å². The van der Waals surface area contributed by atoms with Gasteiger partial charge < -0.3 is 9.80 Å². The molecule has 9 heteroatoms. The number of aliphatic imine (C=N–C) groups is 1. The zero-order valence-electron chi connectivity index (χ0n) is 16.4. The number of fused-ring (bicyclic) bond motifs is 1. The molecule has 3 amide bonds. The zero-order valence-corrected chi connectivity index (χ0v) is 18.0. The molecule has 4 rings (SSSR count). The highest BCUT2D eigenvalue weighted by atomic mass is 35.5. The number of amidine groups is 1. The van der Waals surface area contributed by atoms with Crippen molar-refractivity contribution in [1.82, 2.24) is 15.1 Å². The van der Waals surface area contributed by atoms with Gasteiger partial charge in [-0.1, -0.05) is 59.3 Å². The van der Waals surface area contributed by atoms with Crippen molar-refractivity contribution >= 4 is 40.5 Å². The highest BCUT2D eigenvalue weighted by Crippen LogP contribution is 2.33. The molecule has 2 heterocycles. The monoisotopic (exact) mass is 446 g/mol. The summed E-state index contributed by atoms with van der Waals surface area (Å²) in [4.78, 5) is 32.7. The van der Waals surface area contributed by atoms with E-state index in [0.717, 1.165) is 11.1 Å². The Kier molecular flexibility index (Phi) is 5.71. The fourth-order valence-electron chi connectivity index (χ4n) is 3.60. The van der Waals surface area contributed by atoms with E-state index in [9.17, 15) is 14.0 Å². The van der Waals surface area contributed by atoms with Gasteiger partial charge in [-0.2, -0.15) is 0 Å². The summed E-state index contributed by atoms with van der Waals surface area (Å²) in [6.45, 7) is 2.44. The van der Waals surface area contributed by atoms with Gasteiger partial charge in [0.05, 0.1) is 0 Å². The minimum absolute atomic E-state index is 0.257. The first-order chi connectivity index (χ1) is 14.3. The Morgan fingerprint density at radius 3 is 2.73 bits per heavy atom. The fraction of sp³-hybridized carbons (Fsp3) is 0.286. The van der Waals surface area contributed by atoms with Crippen LogP contribution in [0.15, 0.2) is 47.5 Å². The van der Waals surface area contributed by atoms with Gasteiger partial charge in [-0.25, -0.2) is 14.2 Å². The van der Waals surface area contributed by atoms with E-state index < -0.39 is 18.2 Å². The van der Waals surface area contributed by atoms with Gasteiger partial charge in [0, 0.05) is 29.9 Å². The van der Waals surface area contributed by atoms with Crippen LogP contribution in [-0.2, 0) is 17.1 Å². The molecule has 2 aromatic rings. The van der Waals surface area contributed by atoms with Crippen LogP contribution in [0.25, 0.3) is 0 Å². The molecule has 2 aliphatic heterocycles. The van der Waals surface area contributed by atoms with E-state index in [-0.39, 0.29) is 17.5 Å². The maximum Gasteiger partial charge on any atom is 0.325 e. The van der Waals surface area contributed by atoms with E-state index in [4.69, 9.17) is 11.6 Å². The molecule has 0 aromatic heterocycles. The molecule has 0 spiro atoms. The second-order valence-electron chi connectivity index (χ2n) is 7.28. The summed E-state index contributed by atoms with van der Waals surface area (Å²) >= 11 is 7.46. The first-order valence-corrected chi connectivity index (χ1v) is 10.7. The van der Waals surface area contributed by atoms with E-state index in [2.05, 4.69) is 10.3 Å². The number of benzene rings is 2. The SMILES string of the molecule is Cc1cccc(CN2C(SCc3c(F)cccc3Cl)=NC3C2C(=O)NC(=O)N3C)c1. The Bertz CT molecular complexity index is 1030. The zero-order chi connectivity index (χ0) is 21.4. The minimum Gasteiger partial charge on any atom is -0.331 e. The Morgan fingerprint density at radius 1 is 1.23 bits per heavy atom. The lowest BCUT2D eigenvalue weighted by Gasteiger charge is -2.36. The maximum absolute atomic E-state index is 14.2. The number of hydrogen-bond donors (Lipinski definition) is 1. The summed E-state index contributed by atoms with van der Waals surface area (Å²) < 4.78 is 14.2. The summed E-state index contributed by atoms with van der Waals surface area (Å²) in [5, 5.41) is 3.30. The summed E-state index contributed by atoms with van der Waals surface area (Å²) in [6.07, 6.45) is -0.630. The van der Waals surface area contributed by atoms with Crippen LogP contribution in [0.5, 0.6) is 0 Å². The third-order valence-corrected chi connectivity index (χ3v) is 6.55. The Morgan fingerprint density at radius 2 is 2.00 bits per heavy atom. The van der Waals surface area contributed by atoms with Crippen molar-refractivity contribution in [2.75, 3.05) is 7.05 Å². The number of thioether (sulfide) groups is 1. The normalized spacial score (nSPS) is 20.9. The van der Waals surface area contributed by atoms with Gasteiger partial charge in [0.15, 0.2) is 17.4 Å². The molecule has 2 aliphatic rings. The lowest BCUT2D eigenvalue weighted by atomic mass is 10.1. The molecule has 6 nitrogen and oxygen atoms in total. The van der Waals surface area contributed by atoms with Crippen LogP contribution in [0.3, 0.4) is 0 Å². The Balaban J connectivity index is 1.64. The van der Waals surface area contributed by atoms with Crippen LogP contribution >= 0.6 is 23.4 Å². The number of halogens is 2. The van der Waals surface area contributed by atoms with Gasteiger partial charge >= 0.3 is 6.03 Å². The molecule has 1 saturated heterocycles. The smallest absolute Gasteiger partial charge is 0.325 e. The van der Waals surface area contributed by atoms with Gasteiger partial charge in [-0.15, -0.1) is 0 Å². The fourth-order valence-corrected chi connectivity index (χ4v) is 5.00. The average molecular weight is 447 g/mol. The Labute approximate surface area is 183 Å². The number of aryl methyl sites for hydroxylation is 1. The standard InChI is InChI=1S/C21H20ClFN4O2S/c1-12-5-3-6-13(9-12)10-27-17-18(26(2)20(29)25-19(17)28)24-21(27)30-11-14-15(22)7-4-8-16(14)23/h3-9,17-18H,10-11H2,1-2H3,(H,25,28,29). The van der Waals surface area contributed by atoms with Crippen molar-refractivity contribution < 1.29 is 14.0 Å². The molecule has 2 unspecified atom stereocenters. The quantitative estimate of drug-likeness (QED) is 0.776. The summed E-state index contributed by atoms with van der Waals surface area (Å²) in [5.41, 5.74) is 2.50. The number of nitrogens with zero attached hydrogens (tertiary/aromatic N) is 3. The number of amides is 3. The first-order valence-electron chi connectivity index (χ1n) is 9.38. The van der Waals surface area contributed by atoms with Crippen molar-refractivity contribution in [2.45, 2.75) is 31.4 Å². The molecule has 0 bridgehead atoms. The van der Waals surface area contributed by atoms with Crippen LogP contribution in [0.4, 0.5) is 9.18 Å². The number of likely N-dealkylation sites (N-methyl/N-ethyl adjacent to an activating group) is 1. The van der Waals surface area contributed by atoms with Gasteiger partial charge in [-0.05, 0) is 24.6 Å². The number of hydrogen-bond acceptors (Lipinski definition) is 5. The number of urea groups is 1. The molecule has 0 radical (unpaired) electrons. The molecule has 0 aliphatic carbocycles. The predicted octanol–water partition coefficient (Wildman–Crippen LogP) is 3.77. The van der Waals surface area contributed by atoms with E-state index in [0.29, 0.717) is 22.3 Å². The number of carbonyl (C=O) groups excluding carboxylic acids is 2. The van der Waals surface area contributed by atoms with Crippen molar-refractivity contribution in [1.29, 1.82) is 0 Å². The summed E-state index contributed by atoms with van der Waals surface area (Å²) in [7, 11) is 1.61. The molecular weight excluding hydrogens is 427 g/mol. The lowest BCUT2D eigenvalue weighted by Crippen LogP contribution is -2.63. The number of nitrogens with one attached hydrogen (secondary N) is 1. The molecule has 0 saturated carbocycles. The van der Waals surface area contributed by atoms with Crippen LogP contribution < -0.4 is 5.32 Å². The van der Waals surface area contributed by atoms with E-state index >= 15 is 0 Å². The van der Waals surface area contributed by atoms with Crippen LogP contribution in [0.1, 0.15) is 16.7 Å². The van der Waals surface area contributed by atoms with Gasteiger partial charge in [0.1, 0.15) is 5.82 Å². The maximum atomic E-state index is 14.2. The van der Waals surface area contributed by atoms with Crippen LogP contribution in [0, 0.1) is 12.7 Å². The van der Waals surface area contributed by atoms with Crippen molar-refractivity contribution in [3.05, 3.63) is 70.0 Å². The van der Waals surface area contributed by atoms with Gasteiger partial charge in [0.2, 0.25) is 0 Å². The van der Waals surface area contributed by atoms with Crippen LogP contribution in [-0.4, -0.2) is 46.2 Å². The molecule has 30 heavy (non-hydrogen) atoms. The van der Waals surface area contributed by atoms with Crippen molar-refractivity contribution in [3.63, 3.8) is 0 Å². The molecule has 156 valence electrons. The number of imide groups is 1. The average Bonchev–Trinajstić information content (AvgIpc) is 3.05. The predicted molar refractivity (Wildman–Crippen MR) is 116 cm³/mol. The van der Waals surface area contributed by atoms with E-state index in [1.165, 1.54) is 22.7 Å². The van der Waals surface area contributed by atoms with Crippen molar-refractivity contribution in [3.8, 4) is 0 Å². The number of rotatable bonds is 4. The van der Waals surface area contributed by atoms with Crippen LogP contribution in [0.2, 0.25) is 5.02 Å². The molecule has 1 fully saturated rings. The molecule has 2 atom stereocenters. The summed E-state index contributed by atoms with van der Waals surface area (Å²) in [5.74, 6) is -0.520. The van der Waals surface area contributed by atoms with Gasteiger partial charge in [-0.3, -0.25) is 10.1 Å². The third-order valence-electron chi connectivity index (χ3n) is 5.17. The second kappa shape index (κ2) is 8.28. The number of carbonyl (C=O) groups is 2. The van der Waals surface area contributed by atoms with E-state index in [1.807, 2.05) is 36.1 Å².